The number of carbonyl (C=O) groups excluding carboxylic acids is 1. The highest BCUT2D eigenvalue weighted by Gasteiger charge is 2.36. The highest BCUT2D eigenvalue weighted by Crippen LogP contribution is 2.26. The number of hydrogen-bond donors (Lipinski definition) is 0. The molecule has 2 aliphatic rings. The van der Waals surface area contributed by atoms with E-state index in [2.05, 4.69) is 4.98 Å². The second-order valence-corrected chi connectivity index (χ2v) is 8.66. The van der Waals surface area contributed by atoms with E-state index in [0.29, 0.717) is 12.3 Å². The zero-order chi connectivity index (χ0) is 15.6. The maximum absolute atomic E-state index is 12.4. The van der Waals surface area contributed by atoms with Gasteiger partial charge in [0.2, 0.25) is 5.91 Å². The average molecular weight is 322 g/mol. The number of rotatable bonds is 3. The Morgan fingerprint density at radius 1 is 1.18 bits per heavy atom. The zero-order valence-corrected chi connectivity index (χ0v) is 13.5. The van der Waals surface area contributed by atoms with Crippen LogP contribution in [-0.2, 0) is 21.1 Å². The smallest absolute Gasteiger partial charge is 0.226 e. The molecule has 0 spiro atoms. The van der Waals surface area contributed by atoms with Crippen LogP contribution in [0.1, 0.15) is 24.8 Å². The molecule has 0 unspecified atom stereocenters. The Bertz CT molecular complexity index is 622. The van der Waals surface area contributed by atoms with Crippen LogP contribution in [-0.4, -0.2) is 48.8 Å². The van der Waals surface area contributed by atoms with Gasteiger partial charge in [-0.1, -0.05) is 0 Å². The summed E-state index contributed by atoms with van der Waals surface area (Å²) in [5.74, 6) is 0.550. The molecule has 120 valence electrons. The van der Waals surface area contributed by atoms with E-state index in [1.54, 1.807) is 0 Å². The zero-order valence-electron chi connectivity index (χ0n) is 12.6. The van der Waals surface area contributed by atoms with Gasteiger partial charge in [0.1, 0.15) is 0 Å². The van der Waals surface area contributed by atoms with Gasteiger partial charge in [-0.25, -0.2) is 8.42 Å². The van der Waals surface area contributed by atoms with E-state index < -0.39 is 9.84 Å². The normalized spacial score (nSPS) is 25.3. The van der Waals surface area contributed by atoms with Gasteiger partial charge in [0.15, 0.2) is 9.84 Å². The molecule has 3 heterocycles. The van der Waals surface area contributed by atoms with E-state index in [4.69, 9.17) is 0 Å². The van der Waals surface area contributed by atoms with Crippen molar-refractivity contribution in [1.82, 2.24) is 9.88 Å². The number of hydrogen-bond acceptors (Lipinski definition) is 4. The van der Waals surface area contributed by atoms with Crippen molar-refractivity contribution >= 4 is 15.7 Å². The van der Waals surface area contributed by atoms with Gasteiger partial charge >= 0.3 is 0 Å². The number of aromatic nitrogens is 1. The minimum Gasteiger partial charge on any atom is -0.342 e. The van der Waals surface area contributed by atoms with Crippen LogP contribution in [0.5, 0.6) is 0 Å². The van der Waals surface area contributed by atoms with Crippen LogP contribution in [0.4, 0.5) is 0 Å². The van der Waals surface area contributed by atoms with Crippen molar-refractivity contribution in [2.45, 2.75) is 25.7 Å². The third-order valence-corrected chi connectivity index (χ3v) is 6.55. The maximum Gasteiger partial charge on any atom is 0.226 e. The van der Waals surface area contributed by atoms with Gasteiger partial charge in [0.05, 0.1) is 17.4 Å². The molecule has 2 saturated heterocycles. The molecule has 1 aromatic rings. The number of piperidine rings is 1. The summed E-state index contributed by atoms with van der Waals surface area (Å²) in [5, 5.41) is 0. The fourth-order valence-corrected chi connectivity index (χ4v) is 5.19. The molecule has 0 radical (unpaired) electrons. The average Bonchev–Trinajstić information content (AvgIpc) is 2.88. The van der Waals surface area contributed by atoms with Crippen molar-refractivity contribution < 1.29 is 13.2 Å². The summed E-state index contributed by atoms with van der Waals surface area (Å²) >= 11 is 0. The number of nitrogens with zero attached hydrogens (tertiary/aromatic N) is 2. The van der Waals surface area contributed by atoms with Crippen LogP contribution in [0.15, 0.2) is 24.5 Å². The summed E-state index contributed by atoms with van der Waals surface area (Å²) in [4.78, 5) is 18.3. The number of sulfone groups is 1. The van der Waals surface area contributed by atoms with Crippen LogP contribution in [0.2, 0.25) is 0 Å². The largest absolute Gasteiger partial charge is 0.342 e. The predicted octanol–water partition coefficient (Wildman–Crippen LogP) is 1.30. The first-order valence-electron chi connectivity index (χ1n) is 7.91. The molecule has 5 nitrogen and oxygen atoms in total. The molecule has 0 aromatic carbocycles. The van der Waals surface area contributed by atoms with E-state index in [9.17, 15) is 13.2 Å². The van der Waals surface area contributed by atoms with Crippen LogP contribution in [0.25, 0.3) is 0 Å². The Labute approximate surface area is 131 Å². The molecule has 22 heavy (non-hydrogen) atoms. The van der Waals surface area contributed by atoms with Crippen molar-refractivity contribution in [2.24, 2.45) is 11.8 Å². The number of likely N-dealkylation sites (tertiary alicyclic amines) is 1. The Balaban J connectivity index is 1.50. The standard InChI is InChI=1S/C16H22N2O3S/c19-16(15-5-10-22(20,21)12-15)18-8-3-14(4-9-18)11-13-1-6-17-7-2-13/h1-2,6-7,14-15H,3-5,8-12H2/t15-/m0/s1. The molecule has 0 aliphatic carbocycles. The van der Waals surface area contributed by atoms with Crippen LogP contribution in [0, 0.1) is 11.8 Å². The fraction of sp³-hybridized carbons (Fsp3) is 0.625. The molecular weight excluding hydrogens is 300 g/mol. The lowest BCUT2D eigenvalue weighted by atomic mass is 9.90. The Morgan fingerprint density at radius 2 is 1.86 bits per heavy atom. The summed E-state index contributed by atoms with van der Waals surface area (Å²) in [7, 11) is -2.98. The van der Waals surface area contributed by atoms with E-state index in [0.717, 1.165) is 32.4 Å². The monoisotopic (exact) mass is 322 g/mol. The lowest BCUT2D eigenvalue weighted by molar-refractivity contribution is -0.136. The van der Waals surface area contributed by atoms with Crippen molar-refractivity contribution in [1.29, 1.82) is 0 Å². The third-order valence-electron chi connectivity index (χ3n) is 4.78. The predicted molar refractivity (Wildman–Crippen MR) is 84.0 cm³/mol. The topological polar surface area (TPSA) is 67.3 Å². The first-order valence-corrected chi connectivity index (χ1v) is 9.74. The lowest BCUT2D eigenvalue weighted by Crippen LogP contribution is -2.42. The maximum atomic E-state index is 12.4. The molecular formula is C16H22N2O3S. The Kier molecular flexibility index (Phi) is 4.47. The van der Waals surface area contributed by atoms with Gasteiger partial charge in [0.25, 0.3) is 0 Å². The first-order chi connectivity index (χ1) is 10.5. The van der Waals surface area contributed by atoms with Crippen molar-refractivity contribution in [2.75, 3.05) is 24.6 Å². The molecule has 2 aliphatic heterocycles. The molecule has 0 saturated carbocycles. The first kappa shape index (κ1) is 15.5. The van der Waals surface area contributed by atoms with Crippen molar-refractivity contribution in [3.8, 4) is 0 Å². The highest BCUT2D eigenvalue weighted by atomic mass is 32.2. The summed E-state index contributed by atoms with van der Waals surface area (Å²) in [6.45, 7) is 1.51. The molecule has 0 N–H and O–H groups in total. The van der Waals surface area contributed by atoms with Crippen molar-refractivity contribution in [3.05, 3.63) is 30.1 Å². The fourth-order valence-electron chi connectivity index (χ4n) is 3.46. The van der Waals surface area contributed by atoms with Gasteiger partial charge in [-0.2, -0.15) is 0 Å². The van der Waals surface area contributed by atoms with E-state index in [1.165, 1.54) is 5.56 Å². The summed E-state index contributed by atoms with van der Waals surface area (Å²) in [6.07, 6.45) is 7.14. The van der Waals surface area contributed by atoms with Crippen LogP contribution >= 0.6 is 0 Å². The van der Waals surface area contributed by atoms with Gasteiger partial charge < -0.3 is 4.90 Å². The highest BCUT2D eigenvalue weighted by molar-refractivity contribution is 7.91. The third kappa shape index (κ3) is 3.66. The van der Waals surface area contributed by atoms with Crippen molar-refractivity contribution in [3.63, 3.8) is 0 Å². The number of amides is 1. The summed E-state index contributed by atoms with van der Waals surface area (Å²) < 4.78 is 23.0. The van der Waals surface area contributed by atoms with Gasteiger partial charge in [-0.3, -0.25) is 9.78 Å². The van der Waals surface area contributed by atoms with Crippen LogP contribution in [0.3, 0.4) is 0 Å². The minimum atomic E-state index is -2.98. The van der Waals surface area contributed by atoms with Gasteiger partial charge in [0, 0.05) is 25.5 Å². The molecule has 1 aromatic heterocycles. The minimum absolute atomic E-state index is 0.0444. The molecule has 1 amide bonds. The number of pyridine rings is 1. The van der Waals surface area contributed by atoms with Crippen LogP contribution < -0.4 is 0 Å². The van der Waals surface area contributed by atoms with E-state index in [-0.39, 0.29) is 23.3 Å². The van der Waals surface area contributed by atoms with E-state index >= 15 is 0 Å². The molecule has 0 bridgehead atoms. The SMILES string of the molecule is O=C([C@H]1CCS(=O)(=O)C1)N1CCC(Cc2ccncc2)CC1. The lowest BCUT2D eigenvalue weighted by Gasteiger charge is -2.33. The Hall–Kier alpha value is -1.43. The quantitative estimate of drug-likeness (QED) is 0.841. The molecule has 2 fully saturated rings. The second-order valence-electron chi connectivity index (χ2n) is 6.43. The molecule has 6 heteroatoms. The number of carbonyl (C=O) groups is 1. The van der Waals surface area contributed by atoms with E-state index in [1.807, 2.05) is 29.4 Å². The summed E-state index contributed by atoms with van der Waals surface area (Å²) in [5.41, 5.74) is 1.29. The second kappa shape index (κ2) is 6.36. The Morgan fingerprint density at radius 3 is 2.45 bits per heavy atom. The molecule has 1 atom stereocenters. The van der Waals surface area contributed by atoms with Gasteiger partial charge in [-0.05, 0) is 49.3 Å². The molecule has 3 rings (SSSR count). The van der Waals surface area contributed by atoms with Gasteiger partial charge in [-0.15, -0.1) is 0 Å². The summed E-state index contributed by atoms with van der Waals surface area (Å²) in [6, 6.07) is 4.09.